The molecule has 12 nitrogen and oxygen atoms in total. The summed E-state index contributed by atoms with van der Waals surface area (Å²) in [6.07, 6.45) is 4.94. The SMILES string of the molecule is CC#Cc1cc2c(c(OCOC)c1-c1c(C)ccc3[nH]ncc13)OCCN(CN1CCC(N(C(=O)n3cnc(Cl)n3)C(C)C)CC1)C2. The van der Waals surface area contributed by atoms with Crippen LogP contribution in [0.3, 0.4) is 0 Å². The molecule has 2 aromatic carbocycles. The smallest absolute Gasteiger partial charge is 0.346 e. The lowest BCUT2D eigenvalue weighted by Crippen LogP contribution is -2.52. The topological polar surface area (TPSA) is 114 Å². The van der Waals surface area contributed by atoms with Crippen LogP contribution in [0.4, 0.5) is 4.79 Å². The van der Waals surface area contributed by atoms with E-state index in [1.165, 1.54) is 11.0 Å². The molecule has 0 atom stereocenters. The van der Waals surface area contributed by atoms with Crippen molar-refractivity contribution >= 4 is 28.5 Å². The number of carbonyl (C=O) groups is 1. The van der Waals surface area contributed by atoms with E-state index in [1.807, 2.05) is 37.9 Å². The third-order valence-electron chi connectivity index (χ3n) is 8.81. The van der Waals surface area contributed by atoms with Gasteiger partial charge < -0.3 is 19.1 Å². The molecule has 6 rings (SSSR count). The summed E-state index contributed by atoms with van der Waals surface area (Å²) >= 11 is 5.89. The number of hydrogen-bond acceptors (Lipinski definition) is 9. The molecule has 0 spiro atoms. The van der Waals surface area contributed by atoms with Gasteiger partial charge in [0.25, 0.3) is 0 Å². The van der Waals surface area contributed by atoms with Crippen LogP contribution in [0.2, 0.25) is 5.28 Å². The maximum Gasteiger partial charge on any atom is 0.346 e. The quantitative estimate of drug-likeness (QED) is 0.203. The Morgan fingerprint density at radius 1 is 1.21 bits per heavy atom. The number of piperidine rings is 1. The number of fused-ring (bicyclic) bond motifs is 2. The first-order valence-electron chi connectivity index (χ1n) is 15.9. The van der Waals surface area contributed by atoms with Gasteiger partial charge in [-0.3, -0.25) is 14.9 Å². The highest BCUT2D eigenvalue weighted by atomic mass is 35.5. The van der Waals surface area contributed by atoms with Gasteiger partial charge >= 0.3 is 6.03 Å². The molecule has 4 heterocycles. The van der Waals surface area contributed by atoms with Crippen LogP contribution in [-0.4, -0.2) is 105 Å². The number of carbonyl (C=O) groups excluding carboxylic acids is 1. The normalized spacial score (nSPS) is 16.0. The predicted molar refractivity (Wildman–Crippen MR) is 179 cm³/mol. The summed E-state index contributed by atoms with van der Waals surface area (Å²) in [4.78, 5) is 23.9. The van der Waals surface area contributed by atoms with Crippen LogP contribution in [0.1, 0.15) is 50.3 Å². The number of likely N-dealkylation sites (tertiary alicyclic amines) is 1. The van der Waals surface area contributed by atoms with Crippen molar-refractivity contribution in [3.63, 3.8) is 0 Å². The number of ether oxygens (including phenoxy) is 3. The summed E-state index contributed by atoms with van der Waals surface area (Å²) in [5.41, 5.74) is 5.80. The monoisotopic (exact) mass is 660 g/mol. The molecule has 0 radical (unpaired) electrons. The molecule has 1 saturated heterocycles. The van der Waals surface area contributed by atoms with Crippen LogP contribution in [0, 0.1) is 18.8 Å². The lowest BCUT2D eigenvalue weighted by Gasteiger charge is -2.41. The molecular formula is C34H41ClN8O4. The van der Waals surface area contributed by atoms with Crippen LogP contribution in [-0.2, 0) is 11.3 Å². The number of hydrogen-bond donors (Lipinski definition) is 1. The van der Waals surface area contributed by atoms with Gasteiger partial charge in [0.05, 0.1) is 18.4 Å². The Hall–Kier alpha value is -4.15. The molecule has 1 amide bonds. The van der Waals surface area contributed by atoms with Crippen molar-refractivity contribution < 1.29 is 19.0 Å². The lowest BCUT2D eigenvalue weighted by atomic mass is 9.90. The molecule has 13 heteroatoms. The van der Waals surface area contributed by atoms with E-state index in [0.717, 1.165) is 83.6 Å². The summed E-state index contributed by atoms with van der Waals surface area (Å²) < 4.78 is 19.4. The van der Waals surface area contributed by atoms with Gasteiger partial charge in [0.2, 0.25) is 5.28 Å². The van der Waals surface area contributed by atoms with Crippen LogP contribution in [0.15, 0.2) is 30.7 Å². The number of benzene rings is 2. The predicted octanol–water partition coefficient (Wildman–Crippen LogP) is 5.13. The second-order valence-electron chi connectivity index (χ2n) is 12.3. The molecule has 1 N–H and O–H groups in total. The molecule has 0 aliphatic carbocycles. The Balaban J connectivity index is 1.24. The third kappa shape index (κ3) is 6.80. The summed E-state index contributed by atoms with van der Waals surface area (Å²) in [6, 6.07) is 6.18. The van der Waals surface area contributed by atoms with E-state index in [4.69, 9.17) is 25.8 Å². The molecule has 2 aromatic heterocycles. The number of aromatic amines is 1. The number of nitrogens with one attached hydrogen (secondary N) is 1. The van der Waals surface area contributed by atoms with Gasteiger partial charge in [-0.25, -0.2) is 9.78 Å². The Kier molecular flexibility index (Phi) is 9.98. The Morgan fingerprint density at radius 2 is 2.02 bits per heavy atom. The fourth-order valence-electron chi connectivity index (χ4n) is 6.76. The molecule has 2 aliphatic rings. The molecule has 0 bridgehead atoms. The summed E-state index contributed by atoms with van der Waals surface area (Å²) in [7, 11) is 1.61. The number of methoxy groups -OCH3 is 1. The lowest BCUT2D eigenvalue weighted by molar-refractivity contribution is 0.0487. The highest BCUT2D eigenvalue weighted by Gasteiger charge is 2.33. The van der Waals surface area contributed by atoms with Gasteiger partial charge in [0.1, 0.15) is 12.9 Å². The number of amides is 1. The fourth-order valence-corrected chi connectivity index (χ4v) is 6.88. The number of halogens is 1. The van der Waals surface area contributed by atoms with Gasteiger partial charge in [-0.05, 0) is 69.8 Å². The molecule has 0 unspecified atom stereocenters. The van der Waals surface area contributed by atoms with Crippen molar-refractivity contribution in [2.24, 2.45) is 0 Å². The van der Waals surface area contributed by atoms with Crippen molar-refractivity contribution in [1.29, 1.82) is 0 Å². The molecule has 248 valence electrons. The number of aryl methyl sites for hydroxylation is 1. The second-order valence-corrected chi connectivity index (χ2v) is 12.6. The molecular weight excluding hydrogens is 620 g/mol. The van der Waals surface area contributed by atoms with Crippen LogP contribution in [0.5, 0.6) is 11.5 Å². The first-order valence-corrected chi connectivity index (χ1v) is 16.3. The van der Waals surface area contributed by atoms with Crippen LogP contribution >= 0.6 is 11.6 Å². The van der Waals surface area contributed by atoms with Crippen molar-refractivity contribution in [1.82, 2.24) is 39.7 Å². The molecule has 4 aromatic rings. The van der Waals surface area contributed by atoms with Crippen LogP contribution < -0.4 is 9.47 Å². The molecule has 0 saturated carbocycles. The minimum absolute atomic E-state index is 0.0189. The number of H-pyrrole nitrogens is 1. The van der Waals surface area contributed by atoms with Crippen molar-refractivity contribution in [2.75, 3.05) is 46.8 Å². The van der Waals surface area contributed by atoms with E-state index in [1.54, 1.807) is 7.11 Å². The third-order valence-corrected chi connectivity index (χ3v) is 8.98. The Morgan fingerprint density at radius 3 is 2.72 bits per heavy atom. The Labute approximate surface area is 279 Å². The van der Waals surface area contributed by atoms with E-state index >= 15 is 0 Å². The van der Waals surface area contributed by atoms with E-state index in [-0.39, 0.29) is 30.2 Å². The summed E-state index contributed by atoms with van der Waals surface area (Å²) in [6.45, 7) is 12.5. The minimum Gasteiger partial charge on any atom is -0.488 e. The minimum atomic E-state index is -0.199. The molecule has 2 aliphatic heterocycles. The highest BCUT2D eigenvalue weighted by molar-refractivity contribution is 6.28. The molecule has 47 heavy (non-hydrogen) atoms. The van der Waals surface area contributed by atoms with Crippen LogP contribution in [0.25, 0.3) is 22.0 Å². The van der Waals surface area contributed by atoms with E-state index in [0.29, 0.717) is 18.9 Å². The standard InChI is InChI=1S/C34H41ClN8O4/c1-6-7-24-16-25-18-41(20-40-12-10-26(11-13-40)43(22(2)3)34(44)42-19-36-33(35)39-42)14-15-46-31(25)32(47-21-45-5)30(24)29-23(4)8-9-28-27(29)17-37-38-28/h8-9,16-17,19,22,26H,10-15,18,20-21H2,1-5H3,(H,37,38). The van der Waals surface area contributed by atoms with Crippen molar-refractivity contribution in [2.45, 2.75) is 59.2 Å². The highest BCUT2D eigenvalue weighted by Crippen LogP contribution is 2.47. The maximum absolute atomic E-state index is 13.3. The van der Waals surface area contributed by atoms with E-state index in [9.17, 15) is 4.79 Å². The van der Waals surface area contributed by atoms with Gasteiger partial charge in [-0.1, -0.05) is 12.0 Å². The first-order chi connectivity index (χ1) is 22.8. The summed E-state index contributed by atoms with van der Waals surface area (Å²) in [5.74, 6) is 7.82. The van der Waals surface area contributed by atoms with Gasteiger partial charge in [-0.15, -0.1) is 11.0 Å². The van der Waals surface area contributed by atoms with Gasteiger partial charge in [0.15, 0.2) is 18.3 Å². The van der Waals surface area contributed by atoms with E-state index < -0.39 is 0 Å². The maximum atomic E-state index is 13.3. The fraction of sp³-hybridized carbons (Fsp3) is 0.471. The average molecular weight is 661 g/mol. The average Bonchev–Trinajstić information content (AvgIpc) is 3.66. The van der Waals surface area contributed by atoms with Crippen molar-refractivity contribution in [3.8, 4) is 34.5 Å². The Bertz CT molecular complexity index is 1800. The van der Waals surface area contributed by atoms with Gasteiger partial charge in [-0.2, -0.15) is 9.78 Å². The zero-order chi connectivity index (χ0) is 33.1. The second kappa shape index (κ2) is 14.3. The number of rotatable bonds is 8. The summed E-state index contributed by atoms with van der Waals surface area (Å²) in [5, 5.41) is 12.5. The van der Waals surface area contributed by atoms with Gasteiger partial charge in [0, 0.05) is 73.0 Å². The first kappa shape index (κ1) is 32.8. The zero-order valence-electron chi connectivity index (χ0n) is 27.5. The largest absolute Gasteiger partial charge is 0.488 e. The number of nitrogens with zero attached hydrogens (tertiary/aromatic N) is 7. The zero-order valence-corrected chi connectivity index (χ0v) is 28.3. The van der Waals surface area contributed by atoms with Crippen molar-refractivity contribution in [3.05, 3.63) is 52.7 Å². The number of aromatic nitrogens is 5. The molecule has 1 fully saturated rings. The van der Waals surface area contributed by atoms with E-state index in [2.05, 4.69) is 61.0 Å².